The maximum Gasteiger partial charge on any atom is 0.322 e. The highest BCUT2D eigenvalue weighted by atomic mass is 16.5. The summed E-state index contributed by atoms with van der Waals surface area (Å²) in [7, 11) is 1.59. The molecule has 2 aromatic carbocycles. The van der Waals surface area contributed by atoms with Gasteiger partial charge in [-0.1, -0.05) is 37.3 Å². The third-order valence-electron chi connectivity index (χ3n) is 4.16. The second-order valence-electron chi connectivity index (χ2n) is 6.91. The fraction of sp³-hybridized carbons (Fsp3) is 0.364. The fourth-order valence-electron chi connectivity index (χ4n) is 2.65. The van der Waals surface area contributed by atoms with Crippen molar-refractivity contribution in [3.63, 3.8) is 0 Å². The van der Waals surface area contributed by atoms with Gasteiger partial charge in [0.2, 0.25) is 5.91 Å². The smallest absolute Gasteiger partial charge is 0.322 e. The molecule has 0 saturated carbocycles. The molecule has 6 heteroatoms. The number of para-hydroxylation sites is 1. The molecular weight excluding hydrogens is 354 g/mol. The number of hydrogen-bond acceptors (Lipinski definition) is 3. The van der Waals surface area contributed by atoms with E-state index in [4.69, 9.17) is 4.74 Å². The Labute approximate surface area is 166 Å². The van der Waals surface area contributed by atoms with Crippen molar-refractivity contribution in [2.24, 2.45) is 0 Å². The Morgan fingerprint density at radius 2 is 1.82 bits per heavy atom. The molecule has 28 heavy (non-hydrogen) atoms. The maximum absolute atomic E-state index is 12.4. The summed E-state index contributed by atoms with van der Waals surface area (Å²) >= 11 is 0. The van der Waals surface area contributed by atoms with Gasteiger partial charge in [-0.25, -0.2) is 4.79 Å². The molecule has 2 N–H and O–H groups in total. The molecule has 0 aliphatic rings. The monoisotopic (exact) mass is 383 g/mol. The highest BCUT2D eigenvalue weighted by Crippen LogP contribution is 2.16. The number of benzene rings is 2. The number of aryl methyl sites for hydroxylation is 1. The molecule has 0 aliphatic carbocycles. The molecule has 0 aromatic heterocycles. The minimum Gasteiger partial charge on any atom is -0.374 e. The molecule has 0 aliphatic heterocycles. The molecule has 0 unspecified atom stereocenters. The molecule has 0 radical (unpaired) electrons. The van der Waals surface area contributed by atoms with Gasteiger partial charge in [0.1, 0.15) is 6.54 Å². The second-order valence-corrected chi connectivity index (χ2v) is 6.91. The number of carbonyl (C=O) groups is 2. The van der Waals surface area contributed by atoms with Crippen LogP contribution in [0.1, 0.15) is 31.9 Å². The lowest BCUT2D eigenvalue weighted by Crippen LogP contribution is -2.37. The van der Waals surface area contributed by atoms with E-state index in [9.17, 15) is 9.59 Å². The number of hydrogen-bond donors (Lipinski definition) is 2. The Morgan fingerprint density at radius 3 is 2.54 bits per heavy atom. The SMILES string of the molecule is CCc1ccccc1NC(=O)CN(C)C(=O)Nc1cccc(COC(C)C)c1. The number of ether oxygens (including phenoxy) is 1. The quantitative estimate of drug-likeness (QED) is 0.715. The van der Waals surface area contributed by atoms with Crippen molar-refractivity contribution >= 4 is 23.3 Å². The molecule has 150 valence electrons. The minimum absolute atomic E-state index is 0.0416. The highest BCUT2D eigenvalue weighted by molar-refractivity contribution is 5.97. The van der Waals surface area contributed by atoms with Gasteiger partial charge in [-0.3, -0.25) is 4.79 Å². The molecule has 6 nitrogen and oxygen atoms in total. The molecule has 2 aromatic rings. The van der Waals surface area contributed by atoms with E-state index in [0.29, 0.717) is 12.3 Å². The van der Waals surface area contributed by atoms with Crippen LogP contribution in [0.3, 0.4) is 0 Å². The summed E-state index contributed by atoms with van der Waals surface area (Å²) in [6, 6.07) is 14.8. The van der Waals surface area contributed by atoms with Gasteiger partial charge < -0.3 is 20.3 Å². The Morgan fingerprint density at radius 1 is 1.07 bits per heavy atom. The van der Waals surface area contributed by atoms with Crippen LogP contribution in [-0.4, -0.2) is 36.5 Å². The zero-order valence-electron chi connectivity index (χ0n) is 17.0. The van der Waals surface area contributed by atoms with E-state index in [2.05, 4.69) is 10.6 Å². The van der Waals surface area contributed by atoms with E-state index >= 15 is 0 Å². The number of urea groups is 1. The number of anilines is 2. The lowest BCUT2D eigenvalue weighted by molar-refractivity contribution is -0.116. The van der Waals surface area contributed by atoms with Crippen molar-refractivity contribution in [2.45, 2.75) is 39.9 Å². The molecule has 0 heterocycles. The molecule has 0 bridgehead atoms. The first-order valence-electron chi connectivity index (χ1n) is 9.49. The van der Waals surface area contributed by atoms with Crippen molar-refractivity contribution in [3.05, 3.63) is 59.7 Å². The highest BCUT2D eigenvalue weighted by Gasteiger charge is 2.14. The average Bonchev–Trinajstić information content (AvgIpc) is 2.67. The number of likely N-dealkylation sites (N-methyl/N-ethyl adjacent to an activating group) is 1. The zero-order valence-corrected chi connectivity index (χ0v) is 17.0. The molecular formula is C22H29N3O3. The molecule has 0 fully saturated rings. The van der Waals surface area contributed by atoms with Crippen molar-refractivity contribution in [3.8, 4) is 0 Å². The Kier molecular flexibility index (Phi) is 8.02. The molecule has 0 saturated heterocycles. The summed E-state index contributed by atoms with van der Waals surface area (Å²) in [5.74, 6) is -0.238. The van der Waals surface area contributed by atoms with Crippen molar-refractivity contribution in [1.82, 2.24) is 4.90 Å². The van der Waals surface area contributed by atoms with Crippen molar-refractivity contribution in [1.29, 1.82) is 0 Å². The standard InChI is InChI=1S/C22H29N3O3/c1-5-18-10-6-7-12-20(18)24-21(26)14-25(4)22(27)23-19-11-8-9-17(13-19)15-28-16(2)3/h6-13,16H,5,14-15H2,1-4H3,(H,23,27)(H,24,26). The summed E-state index contributed by atoms with van der Waals surface area (Å²) in [4.78, 5) is 26.1. The average molecular weight is 383 g/mol. The van der Waals surface area contributed by atoms with E-state index < -0.39 is 0 Å². The topological polar surface area (TPSA) is 70.7 Å². The lowest BCUT2D eigenvalue weighted by Gasteiger charge is -2.18. The van der Waals surface area contributed by atoms with Gasteiger partial charge in [-0.2, -0.15) is 0 Å². The summed E-state index contributed by atoms with van der Waals surface area (Å²) in [5, 5.41) is 5.68. The number of nitrogens with one attached hydrogen (secondary N) is 2. The molecule has 2 rings (SSSR count). The van der Waals surface area contributed by atoms with Crippen LogP contribution in [0.25, 0.3) is 0 Å². The molecule has 3 amide bonds. The van der Waals surface area contributed by atoms with Crippen LogP contribution in [0.5, 0.6) is 0 Å². The van der Waals surface area contributed by atoms with Gasteiger partial charge in [-0.15, -0.1) is 0 Å². The van der Waals surface area contributed by atoms with E-state index in [1.54, 1.807) is 7.05 Å². The summed E-state index contributed by atoms with van der Waals surface area (Å²) in [6.45, 7) is 6.43. The minimum atomic E-state index is -0.346. The van der Waals surface area contributed by atoms with Crippen LogP contribution in [-0.2, 0) is 22.6 Å². The van der Waals surface area contributed by atoms with Crippen LogP contribution < -0.4 is 10.6 Å². The van der Waals surface area contributed by atoms with Crippen LogP contribution in [0.15, 0.2) is 48.5 Å². The third-order valence-corrected chi connectivity index (χ3v) is 4.16. The predicted octanol–water partition coefficient (Wildman–Crippen LogP) is 4.28. The summed E-state index contributed by atoms with van der Waals surface area (Å²) < 4.78 is 5.59. The third kappa shape index (κ3) is 6.70. The first kappa shape index (κ1) is 21.4. The number of amides is 3. The fourth-order valence-corrected chi connectivity index (χ4v) is 2.65. The predicted molar refractivity (Wildman–Crippen MR) is 112 cm³/mol. The second kappa shape index (κ2) is 10.5. The normalized spacial score (nSPS) is 10.6. The zero-order chi connectivity index (χ0) is 20.5. The molecule has 0 atom stereocenters. The van der Waals surface area contributed by atoms with Gasteiger partial charge in [0, 0.05) is 18.4 Å². The summed E-state index contributed by atoms with van der Waals surface area (Å²) in [5.41, 5.74) is 3.48. The van der Waals surface area contributed by atoms with Gasteiger partial charge in [0.25, 0.3) is 0 Å². The Bertz CT molecular complexity index is 805. The van der Waals surface area contributed by atoms with E-state index in [0.717, 1.165) is 23.2 Å². The first-order chi connectivity index (χ1) is 13.4. The summed E-state index contributed by atoms with van der Waals surface area (Å²) in [6.07, 6.45) is 0.963. The largest absolute Gasteiger partial charge is 0.374 e. The Balaban J connectivity index is 1.90. The van der Waals surface area contributed by atoms with E-state index in [1.807, 2.05) is 69.3 Å². The van der Waals surface area contributed by atoms with E-state index in [-0.39, 0.29) is 24.6 Å². The van der Waals surface area contributed by atoms with Gasteiger partial charge >= 0.3 is 6.03 Å². The van der Waals surface area contributed by atoms with Crippen molar-refractivity contribution < 1.29 is 14.3 Å². The van der Waals surface area contributed by atoms with Crippen LogP contribution >= 0.6 is 0 Å². The van der Waals surface area contributed by atoms with Crippen LogP contribution in [0.2, 0.25) is 0 Å². The van der Waals surface area contributed by atoms with Gasteiger partial charge in [0.15, 0.2) is 0 Å². The van der Waals surface area contributed by atoms with Crippen LogP contribution in [0.4, 0.5) is 16.2 Å². The van der Waals surface area contributed by atoms with Gasteiger partial charge in [0.05, 0.1) is 12.7 Å². The van der Waals surface area contributed by atoms with Gasteiger partial charge in [-0.05, 0) is 49.6 Å². The number of rotatable bonds is 8. The van der Waals surface area contributed by atoms with Crippen LogP contribution in [0, 0.1) is 0 Å². The number of nitrogens with zero attached hydrogens (tertiary/aromatic N) is 1. The van der Waals surface area contributed by atoms with Crippen molar-refractivity contribution in [2.75, 3.05) is 24.2 Å². The first-order valence-corrected chi connectivity index (χ1v) is 9.49. The number of carbonyl (C=O) groups excluding carboxylic acids is 2. The lowest BCUT2D eigenvalue weighted by atomic mass is 10.1. The maximum atomic E-state index is 12.4. The molecule has 0 spiro atoms. The Hall–Kier alpha value is -2.86. The van der Waals surface area contributed by atoms with E-state index in [1.165, 1.54) is 4.90 Å².